The molecule has 0 amide bonds. The topological polar surface area (TPSA) is 37.5 Å². The van der Waals surface area contributed by atoms with Crippen molar-refractivity contribution in [1.29, 1.82) is 0 Å². The molecule has 0 spiro atoms. The van der Waals surface area contributed by atoms with E-state index in [1.165, 1.54) is 12.4 Å². The molecule has 0 aliphatic rings. The molecule has 3 nitrogen and oxygen atoms in total. The summed E-state index contributed by atoms with van der Waals surface area (Å²) in [5, 5.41) is 9.70. The van der Waals surface area contributed by atoms with Gasteiger partial charge in [-0.25, -0.2) is 4.73 Å². The van der Waals surface area contributed by atoms with E-state index in [1.54, 1.807) is 13.1 Å². The van der Waals surface area contributed by atoms with Gasteiger partial charge in [-0.05, 0) is 22.0 Å². The molecule has 0 aliphatic carbocycles. The van der Waals surface area contributed by atoms with E-state index >= 15 is 0 Å². The maximum atomic E-state index is 8.88. The van der Waals surface area contributed by atoms with Crippen LogP contribution in [0.5, 0.6) is 0 Å². The van der Waals surface area contributed by atoms with Crippen molar-refractivity contribution in [2.75, 3.05) is 7.05 Å². The van der Waals surface area contributed by atoms with Crippen LogP contribution in [-0.2, 0) is 0 Å². The molecule has 0 aliphatic heterocycles. The summed E-state index contributed by atoms with van der Waals surface area (Å²) in [5.74, 6) is 0. The van der Waals surface area contributed by atoms with Gasteiger partial charge < -0.3 is 5.21 Å². The fourth-order valence-corrected chi connectivity index (χ4v) is 1.15. The highest BCUT2D eigenvalue weighted by Crippen LogP contribution is 1.99. The molecule has 0 atom stereocenters. The predicted molar refractivity (Wildman–Crippen MR) is 40.8 cm³/mol. The molecule has 0 bridgehead atoms. The molecule has 4 heteroatoms. The Labute approximate surface area is 66.7 Å². The maximum absolute atomic E-state index is 8.88. The van der Waals surface area contributed by atoms with Crippen LogP contribution in [0.25, 0.3) is 0 Å². The zero-order valence-corrected chi connectivity index (χ0v) is 7.04. The van der Waals surface area contributed by atoms with Crippen LogP contribution in [0.15, 0.2) is 27.9 Å². The molecule has 0 unspecified atom stereocenters. The molecule has 0 saturated heterocycles. The Hall–Kier alpha value is -0.770. The summed E-state index contributed by atoms with van der Waals surface area (Å²) < 4.78 is 1.75. The lowest BCUT2D eigenvalue weighted by Gasteiger charge is -1.95. The van der Waals surface area contributed by atoms with Crippen LogP contribution in [0, 0.1) is 0 Å². The van der Waals surface area contributed by atoms with Gasteiger partial charge >= 0.3 is 0 Å². The van der Waals surface area contributed by atoms with Crippen LogP contribution in [-0.4, -0.2) is 17.0 Å². The molecule has 54 valence electrons. The molecule has 0 fully saturated rings. The largest absolute Gasteiger partial charge is 0.429 e. The van der Waals surface area contributed by atoms with Gasteiger partial charge in [0, 0.05) is 13.2 Å². The first-order valence-corrected chi connectivity index (χ1v) is 3.53. The van der Waals surface area contributed by atoms with E-state index < -0.39 is 0 Å². The average Bonchev–Trinajstić information content (AvgIpc) is 1.88. The van der Waals surface area contributed by atoms with E-state index in [1.807, 2.05) is 0 Å². The van der Waals surface area contributed by atoms with Crippen molar-refractivity contribution in [3.8, 4) is 0 Å². The van der Waals surface area contributed by atoms with Crippen LogP contribution < -0.4 is 5.36 Å². The Bertz CT molecular complexity index is 292. The van der Waals surface area contributed by atoms with E-state index in [2.05, 4.69) is 20.9 Å². The first kappa shape index (κ1) is 7.34. The minimum Gasteiger partial charge on any atom is -0.429 e. The number of rotatable bonds is 0. The minimum atomic E-state index is 0.778. The summed E-state index contributed by atoms with van der Waals surface area (Å²) in [4.78, 5) is 3.94. The molecule has 1 aromatic rings. The van der Waals surface area contributed by atoms with Crippen LogP contribution in [0.3, 0.4) is 0 Å². The van der Waals surface area contributed by atoms with Gasteiger partial charge in [0.2, 0.25) is 0 Å². The van der Waals surface area contributed by atoms with Gasteiger partial charge in [-0.2, -0.15) is 0 Å². The van der Waals surface area contributed by atoms with E-state index in [9.17, 15) is 0 Å². The quantitative estimate of drug-likeness (QED) is 0.628. The summed E-state index contributed by atoms with van der Waals surface area (Å²) in [7, 11) is 1.70. The Morgan fingerprint density at radius 3 is 2.90 bits per heavy atom. The lowest BCUT2D eigenvalue weighted by atomic mass is 10.5. The van der Waals surface area contributed by atoms with E-state index in [0.717, 1.165) is 14.6 Å². The Morgan fingerprint density at radius 1 is 1.70 bits per heavy atom. The maximum Gasteiger partial charge on any atom is 0.0744 e. The van der Waals surface area contributed by atoms with Gasteiger partial charge in [0.05, 0.1) is 16.0 Å². The fourth-order valence-electron chi connectivity index (χ4n) is 0.633. The Kier molecular flexibility index (Phi) is 2.11. The number of hydrogen-bond donors (Lipinski definition) is 1. The zero-order valence-electron chi connectivity index (χ0n) is 5.45. The third kappa shape index (κ3) is 1.39. The number of pyridine rings is 1. The summed E-state index contributed by atoms with van der Waals surface area (Å²) in [6, 6.07) is 1.71. The van der Waals surface area contributed by atoms with Crippen molar-refractivity contribution in [3.63, 3.8) is 0 Å². The lowest BCUT2D eigenvalue weighted by Crippen LogP contribution is -2.05. The van der Waals surface area contributed by atoms with Gasteiger partial charge in [0.15, 0.2) is 0 Å². The molecule has 0 radical (unpaired) electrons. The van der Waals surface area contributed by atoms with Gasteiger partial charge in [-0.15, -0.1) is 0 Å². The van der Waals surface area contributed by atoms with E-state index in [0.29, 0.717) is 0 Å². The molecule has 10 heavy (non-hydrogen) atoms. The van der Waals surface area contributed by atoms with E-state index in [-0.39, 0.29) is 0 Å². The number of nitrogens with zero attached hydrogens (tertiary/aromatic N) is 2. The van der Waals surface area contributed by atoms with Gasteiger partial charge in [-0.3, -0.25) is 4.99 Å². The standard InChI is InChI=1S/C6H7BrN2O/c1-8-6-2-3-9(10)4-5(6)7/h2-4,10H,1H3. The van der Waals surface area contributed by atoms with Crippen molar-refractivity contribution in [1.82, 2.24) is 4.73 Å². The van der Waals surface area contributed by atoms with Crippen LogP contribution in [0.2, 0.25) is 0 Å². The monoisotopic (exact) mass is 202 g/mol. The second-order valence-corrected chi connectivity index (χ2v) is 2.64. The van der Waals surface area contributed by atoms with Crippen molar-refractivity contribution < 1.29 is 5.21 Å². The average molecular weight is 203 g/mol. The Balaban J connectivity index is 3.34. The normalized spacial score (nSPS) is 12.0. The van der Waals surface area contributed by atoms with Gasteiger partial charge in [0.25, 0.3) is 0 Å². The fraction of sp³-hybridized carbons (Fsp3) is 0.167. The highest BCUT2D eigenvalue weighted by atomic mass is 79.9. The molecule has 1 rings (SSSR count). The Morgan fingerprint density at radius 2 is 2.40 bits per heavy atom. The SMILES string of the molecule is CN=c1ccn(O)cc1Br. The van der Waals surface area contributed by atoms with Gasteiger partial charge in [0.1, 0.15) is 0 Å². The number of hydrogen-bond acceptors (Lipinski definition) is 2. The van der Waals surface area contributed by atoms with Crippen molar-refractivity contribution in [2.45, 2.75) is 0 Å². The molecule has 0 saturated carbocycles. The third-order valence-corrected chi connectivity index (χ3v) is 1.73. The number of aromatic nitrogens is 1. The van der Waals surface area contributed by atoms with Crippen molar-refractivity contribution >= 4 is 15.9 Å². The molecule has 1 heterocycles. The summed E-state index contributed by atoms with van der Waals surface area (Å²) >= 11 is 3.23. The third-order valence-electron chi connectivity index (χ3n) is 1.12. The van der Waals surface area contributed by atoms with Crippen LogP contribution >= 0.6 is 15.9 Å². The second-order valence-electron chi connectivity index (χ2n) is 1.78. The smallest absolute Gasteiger partial charge is 0.0744 e. The van der Waals surface area contributed by atoms with Crippen molar-refractivity contribution in [3.05, 3.63) is 28.3 Å². The van der Waals surface area contributed by atoms with Gasteiger partial charge in [-0.1, -0.05) is 0 Å². The summed E-state index contributed by atoms with van der Waals surface area (Å²) in [6.45, 7) is 0. The zero-order chi connectivity index (χ0) is 7.56. The van der Waals surface area contributed by atoms with Crippen LogP contribution in [0.1, 0.15) is 0 Å². The summed E-state index contributed by atoms with van der Waals surface area (Å²) in [5.41, 5.74) is 0. The van der Waals surface area contributed by atoms with Crippen molar-refractivity contribution in [2.24, 2.45) is 4.99 Å². The predicted octanol–water partition coefficient (Wildman–Crippen LogP) is 1.02. The second kappa shape index (κ2) is 2.88. The highest BCUT2D eigenvalue weighted by Gasteiger charge is 1.89. The molecular formula is C6H7BrN2O. The minimum absolute atomic E-state index is 0.778. The lowest BCUT2D eigenvalue weighted by molar-refractivity contribution is 0.183. The molecule has 0 aromatic carbocycles. The molecule has 1 aromatic heterocycles. The molecule has 1 N–H and O–H groups in total. The highest BCUT2D eigenvalue weighted by molar-refractivity contribution is 9.10. The molecular weight excluding hydrogens is 196 g/mol. The van der Waals surface area contributed by atoms with E-state index in [4.69, 9.17) is 5.21 Å². The first-order chi connectivity index (χ1) is 4.74. The summed E-state index contributed by atoms with van der Waals surface area (Å²) in [6.07, 6.45) is 3.05. The van der Waals surface area contributed by atoms with Crippen LogP contribution in [0.4, 0.5) is 0 Å². The first-order valence-electron chi connectivity index (χ1n) is 2.74. The number of halogens is 1.